The third-order valence-corrected chi connectivity index (χ3v) is 3.29. The van der Waals surface area contributed by atoms with E-state index in [1.807, 2.05) is 36.4 Å². The van der Waals surface area contributed by atoms with Crippen molar-refractivity contribution in [2.24, 2.45) is 0 Å². The van der Waals surface area contributed by atoms with E-state index in [1.165, 1.54) is 4.85 Å². The summed E-state index contributed by atoms with van der Waals surface area (Å²) in [6, 6.07) is 14.6. The first-order valence-corrected chi connectivity index (χ1v) is 7.05. The van der Waals surface area contributed by atoms with Crippen molar-refractivity contribution in [2.45, 2.75) is 6.54 Å². The van der Waals surface area contributed by atoms with Gasteiger partial charge < -0.3 is 10.2 Å². The predicted octanol–water partition coefficient (Wildman–Crippen LogP) is 1.83. The molecule has 0 radical (unpaired) electrons. The van der Waals surface area contributed by atoms with Crippen LogP contribution in [0.4, 0.5) is 0 Å². The zero-order chi connectivity index (χ0) is 15.4. The fourth-order valence-electron chi connectivity index (χ4n) is 1.92. The average Bonchev–Trinajstić information content (AvgIpc) is 2.96. The summed E-state index contributed by atoms with van der Waals surface area (Å²) in [6.45, 7) is 0.276. The second kappa shape index (κ2) is 6.44. The summed E-state index contributed by atoms with van der Waals surface area (Å²) >= 11 is 5.81. The molecule has 3 aromatic rings. The van der Waals surface area contributed by atoms with E-state index >= 15 is 0 Å². The molecule has 0 spiro atoms. The van der Waals surface area contributed by atoms with Crippen LogP contribution in [0, 0.1) is 0 Å². The van der Waals surface area contributed by atoms with E-state index < -0.39 is 0 Å². The average molecular weight is 317 g/mol. The normalized spacial score (nSPS) is 10.6. The number of amides is 1. The number of carbonyl (C=O) groups excluding carboxylic acids is 1. The van der Waals surface area contributed by atoms with Crippen LogP contribution >= 0.6 is 11.6 Å². The largest absolute Gasteiger partial charge is 0.385 e. The van der Waals surface area contributed by atoms with E-state index in [-0.39, 0.29) is 12.5 Å². The summed E-state index contributed by atoms with van der Waals surface area (Å²) < 4.78 is 0. The van der Waals surface area contributed by atoms with E-state index in [4.69, 9.17) is 16.4 Å². The zero-order valence-electron chi connectivity index (χ0n) is 11.6. The Morgan fingerprint density at radius 2 is 1.95 bits per heavy atom. The number of aromatic nitrogens is 3. The maximum atomic E-state index is 11.8. The maximum Gasteiger partial charge on any atom is 0.261 e. The molecule has 0 unspecified atom stereocenters. The Labute approximate surface area is 131 Å². The summed E-state index contributed by atoms with van der Waals surface area (Å²) in [5.41, 5.74) is 2.39. The fourth-order valence-corrected chi connectivity index (χ4v) is 2.04. The van der Waals surface area contributed by atoms with Crippen molar-refractivity contribution in [3.8, 4) is 0 Å². The number of halogens is 1. The van der Waals surface area contributed by atoms with Gasteiger partial charge in [0.2, 0.25) is 0 Å². The Morgan fingerprint density at radius 3 is 2.77 bits per heavy atom. The number of nitrogens with one attached hydrogen (secondary N) is 1. The van der Waals surface area contributed by atoms with Gasteiger partial charge in [0.1, 0.15) is 11.0 Å². The van der Waals surface area contributed by atoms with Crippen molar-refractivity contribution in [3.63, 3.8) is 0 Å². The number of nitrogens with zero attached hydrogens (tertiary/aromatic N) is 3. The Hall–Kier alpha value is -2.60. The Morgan fingerprint density at radius 1 is 1.18 bits per heavy atom. The van der Waals surface area contributed by atoms with Gasteiger partial charge in [-0.05, 0) is 35.0 Å². The van der Waals surface area contributed by atoms with Crippen LogP contribution < -0.4 is 10.2 Å². The number of para-hydroxylation sites is 1. The molecule has 0 bridgehead atoms. The van der Waals surface area contributed by atoms with Crippen LogP contribution in [-0.2, 0) is 11.3 Å². The van der Waals surface area contributed by atoms with Gasteiger partial charge in [-0.15, -0.1) is 5.10 Å². The van der Waals surface area contributed by atoms with Crippen molar-refractivity contribution < 1.29 is 9.63 Å². The lowest BCUT2D eigenvalue weighted by atomic mass is 10.2. The molecule has 0 fully saturated rings. The van der Waals surface area contributed by atoms with Crippen LogP contribution in [0.15, 0.2) is 48.5 Å². The Balaban J connectivity index is 1.53. The van der Waals surface area contributed by atoms with Crippen molar-refractivity contribution in [2.75, 3.05) is 6.61 Å². The van der Waals surface area contributed by atoms with Gasteiger partial charge in [-0.1, -0.05) is 40.7 Å². The molecule has 3 rings (SSSR count). The molecular weight excluding hydrogens is 304 g/mol. The van der Waals surface area contributed by atoms with Crippen LogP contribution in [0.2, 0.25) is 5.02 Å². The van der Waals surface area contributed by atoms with Gasteiger partial charge in [-0.3, -0.25) is 4.79 Å². The Kier molecular flexibility index (Phi) is 4.20. The zero-order valence-corrected chi connectivity index (χ0v) is 12.3. The predicted molar refractivity (Wildman–Crippen MR) is 82.3 cm³/mol. The second-order valence-corrected chi connectivity index (χ2v) is 5.06. The number of hydrogen-bond donors (Lipinski definition) is 1. The van der Waals surface area contributed by atoms with Gasteiger partial charge >= 0.3 is 0 Å². The standard InChI is InChI=1S/C15H13ClN4O2/c16-12-7-5-11(6-8-12)9-17-15(21)10-22-20-14-4-2-1-3-13(14)18-19-20/h1-8H,9-10H2,(H,17,21). The number of benzene rings is 2. The van der Waals surface area contributed by atoms with Crippen LogP contribution in [0.5, 0.6) is 0 Å². The minimum atomic E-state index is -0.241. The fraction of sp³-hybridized carbons (Fsp3) is 0.133. The highest BCUT2D eigenvalue weighted by atomic mass is 35.5. The van der Waals surface area contributed by atoms with Crippen molar-refractivity contribution in [1.82, 2.24) is 20.5 Å². The lowest BCUT2D eigenvalue weighted by Gasteiger charge is -2.07. The van der Waals surface area contributed by atoms with Crippen LogP contribution in [0.3, 0.4) is 0 Å². The summed E-state index contributed by atoms with van der Waals surface area (Å²) in [7, 11) is 0. The molecule has 1 amide bonds. The van der Waals surface area contributed by atoms with Crippen LogP contribution in [0.25, 0.3) is 11.0 Å². The van der Waals surface area contributed by atoms with Gasteiger partial charge in [0.05, 0.1) is 0 Å². The highest BCUT2D eigenvalue weighted by Gasteiger charge is 2.07. The first kappa shape index (κ1) is 14.3. The third kappa shape index (κ3) is 3.35. The number of hydrogen-bond acceptors (Lipinski definition) is 4. The second-order valence-electron chi connectivity index (χ2n) is 4.63. The smallest absolute Gasteiger partial charge is 0.261 e. The molecule has 0 saturated carbocycles. The highest BCUT2D eigenvalue weighted by molar-refractivity contribution is 6.30. The molecule has 1 aromatic heterocycles. The van der Waals surface area contributed by atoms with Crippen molar-refractivity contribution >= 4 is 28.5 Å². The summed E-state index contributed by atoms with van der Waals surface area (Å²) in [5.74, 6) is -0.241. The monoisotopic (exact) mass is 316 g/mol. The van der Waals surface area contributed by atoms with Crippen molar-refractivity contribution in [1.29, 1.82) is 0 Å². The molecule has 1 N–H and O–H groups in total. The molecule has 7 heteroatoms. The van der Waals surface area contributed by atoms with E-state index in [9.17, 15) is 4.79 Å². The molecule has 0 aliphatic rings. The van der Waals surface area contributed by atoms with E-state index in [2.05, 4.69) is 15.6 Å². The molecule has 22 heavy (non-hydrogen) atoms. The van der Waals surface area contributed by atoms with E-state index in [0.717, 1.165) is 5.56 Å². The van der Waals surface area contributed by atoms with Crippen LogP contribution in [0.1, 0.15) is 5.56 Å². The van der Waals surface area contributed by atoms with Gasteiger partial charge in [0.25, 0.3) is 5.91 Å². The summed E-state index contributed by atoms with van der Waals surface area (Å²) in [6.07, 6.45) is 0. The molecule has 0 aliphatic heterocycles. The summed E-state index contributed by atoms with van der Waals surface area (Å²) in [4.78, 5) is 18.4. The number of fused-ring (bicyclic) bond motifs is 1. The topological polar surface area (TPSA) is 69.0 Å². The quantitative estimate of drug-likeness (QED) is 0.779. The lowest BCUT2D eigenvalue weighted by Crippen LogP contribution is -2.31. The first-order chi connectivity index (χ1) is 10.7. The molecular formula is C15H13ClN4O2. The van der Waals surface area contributed by atoms with Gasteiger partial charge in [-0.25, -0.2) is 0 Å². The molecule has 0 aliphatic carbocycles. The molecule has 0 saturated heterocycles. The molecule has 6 nitrogen and oxygen atoms in total. The number of rotatable bonds is 5. The van der Waals surface area contributed by atoms with Crippen LogP contribution in [-0.4, -0.2) is 27.7 Å². The van der Waals surface area contributed by atoms with Gasteiger partial charge in [0.15, 0.2) is 6.61 Å². The Bertz CT molecular complexity index is 786. The van der Waals surface area contributed by atoms with Gasteiger partial charge in [0, 0.05) is 11.6 Å². The minimum Gasteiger partial charge on any atom is -0.385 e. The molecule has 0 atom stereocenters. The maximum absolute atomic E-state index is 11.8. The number of carbonyl (C=O) groups is 1. The minimum absolute atomic E-state index is 0.138. The molecule has 1 heterocycles. The van der Waals surface area contributed by atoms with Gasteiger partial charge in [-0.2, -0.15) is 0 Å². The lowest BCUT2D eigenvalue weighted by molar-refractivity contribution is -0.126. The van der Waals surface area contributed by atoms with E-state index in [1.54, 1.807) is 12.1 Å². The SMILES string of the molecule is O=C(COn1nnc2ccccc21)NCc1ccc(Cl)cc1. The van der Waals surface area contributed by atoms with E-state index in [0.29, 0.717) is 22.6 Å². The van der Waals surface area contributed by atoms with Crippen molar-refractivity contribution in [3.05, 3.63) is 59.1 Å². The summed E-state index contributed by atoms with van der Waals surface area (Å²) in [5, 5.41) is 11.2. The highest BCUT2D eigenvalue weighted by Crippen LogP contribution is 2.09. The molecule has 2 aromatic carbocycles. The first-order valence-electron chi connectivity index (χ1n) is 6.67. The molecule has 112 valence electrons. The third-order valence-electron chi connectivity index (χ3n) is 3.04.